The number of alkyl halides is 1. The number of halogens is 1. The summed E-state index contributed by atoms with van der Waals surface area (Å²) in [5.41, 5.74) is -0.940. The minimum Gasteiger partial charge on any atom is -0.299 e. The Balaban J connectivity index is 2.00. The van der Waals surface area contributed by atoms with Crippen molar-refractivity contribution in [3.63, 3.8) is 0 Å². The molecule has 4 aliphatic rings. The van der Waals surface area contributed by atoms with Crippen molar-refractivity contribution in [3.05, 3.63) is 0 Å². The molecule has 0 N–H and O–H groups in total. The van der Waals surface area contributed by atoms with Crippen LogP contribution in [0.15, 0.2) is 0 Å². The highest BCUT2D eigenvalue weighted by atomic mass is 19.1. The fourth-order valence-electron chi connectivity index (χ4n) is 3.65. The molecule has 0 radical (unpaired) electrons. The SMILES string of the molecule is O=C1[C@@H]2CC3C[C@@H]1CC(F)(C3)C2. The lowest BCUT2D eigenvalue weighted by molar-refractivity contribution is -0.149. The van der Waals surface area contributed by atoms with E-state index in [4.69, 9.17) is 0 Å². The number of carbonyl (C=O) groups is 1. The van der Waals surface area contributed by atoms with Crippen molar-refractivity contribution in [1.82, 2.24) is 0 Å². The second-order valence-electron chi connectivity index (χ2n) is 4.90. The molecule has 0 amide bonds. The van der Waals surface area contributed by atoms with Gasteiger partial charge in [-0.1, -0.05) is 0 Å². The van der Waals surface area contributed by atoms with Gasteiger partial charge in [0, 0.05) is 11.8 Å². The van der Waals surface area contributed by atoms with Crippen molar-refractivity contribution in [2.24, 2.45) is 17.8 Å². The highest BCUT2D eigenvalue weighted by molar-refractivity contribution is 5.85. The minimum atomic E-state index is -0.940. The number of Topliss-reactive ketones (excluding diaryl/α,β-unsaturated/α-hetero) is 1. The molecule has 4 rings (SSSR count). The van der Waals surface area contributed by atoms with E-state index in [0.717, 1.165) is 19.3 Å². The van der Waals surface area contributed by atoms with Crippen LogP contribution in [0.5, 0.6) is 0 Å². The van der Waals surface area contributed by atoms with Crippen molar-refractivity contribution in [2.45, 2.75) is 37.8 Å². The number of rotatable bonds is 0. The number of ketones is 1. The van der Waals surface area contributed by atoms with Gasteiger partial charge < -0.3 is 0 Å². The first kappa shape index (κ1) is 7.05. The predicted octanol–water partition coefficient (Wildman–Crippen LogP) is 2.10. The van der Waals surface area contributed by atoms with E-state index in [0.29, 0.717) is 24.5 Å². The maximum atomic E-state index is 13.9. The average Bonchev–Trinajstić information content (AvgIpc) is 1.96. The van der Waals surface area contributed by atoms with Crippen LogP contribution < -0.4 is 0 Å². The van der Waals surface area contributed by atoms with Gasteiger partial charge in [0.2, 0.25) is 0 Å². The third kappa shape index (κ3) is 0.758. The fourth-order valence-corrected chi connectivity index (χ4v) is 3.65. The highest BCUT2D eigenvalue weighted by Gasteiger charge is 2.55. The van der Waals surface area contributed by atoms with Crippen molar-refractivity contribution < 1.29 is 9.18 Å². The van der Waals surface area contributed by atoms with Gasteiger partial charge in [-0.3, -0.25) is 4.79 Å². The van der Waals surface area contributed by atoms with Crippen molar-refractivity contribution >= 4 is 5.78 Å². The second kappa shape index (κ2) is 1.91. The molecule has 4 saturated carbocycles. The van der Waals surface area contributed by atoms with E-state index in [1.807, 2.05) is 0 Å². The van der Waals surface area contributed by atoms with Gasteiger partial charge in [-0.25, -0.2) is 4.39 Å². The summed E-state index contributed by atoms with van der Waals surface area (Å²) in [6.45, 7) is 0. The topological polar surface area (TPSA) is 17.1 Å². The van der Waals surface area contributed by atoms with Gasteiger partial charge in [0.25, 0.3) is 0 Å². The Morgan fingerprint density at radius 2 is 1.75 bits per heavy atom. The Bertz CT molecular complexity index is 230. The Morgan fingerprint density at radius 3 is 2.25 bits per heavy atom. The van der Waals surface area contributed by atoms with Crippen LogP contribution in [0.2, 0.25) is 0 Å². The first-order valence-electron chi connectivity index (χ1n) is 4.89. The van der Waals surface area contributed by atoms with Crippen molar-refractivity contribution in [3.8, 4) is 0 Å². The van der Waals surface area contributed by atoms with Crippen LogP contribution in [-0.2, 0) is 4.79 Å². The maximum Gasteiger partial charge on any atom is 0.139 e. The summed E-state index contributed by atoms with van der Waals surface area (Å²) in [4.78, 5) is 11.5. The van der Waals surface area contributed by atoms with Crippen LogP contribution in [-0.4, -0.2) is 11.5 Å². The number of hydrogen-bond acceptors (Lipinski definition) is 1. The van der Waals surface area contributed by atoms with E-state index >= 15 is 0 Å². The zero-order valence-electron chi connectivity index (χ0n) is 7.05. The molecule has 4 bridgehead atoms. The molecule has 66 valence electrons. The Morgan fingerprint density at radius 1 is 1.17 bits per heavy atom. The normalized spacial score (nSPS) is 56.4. The first-order chi connectivity index (χ1) is 5.66. The van der Waals surface area contributed by atoms with E-state index in [-0.39, 0.29) is 11.8 Å². The molecule has 0 aromatic rings. The monoisotopic (exact) mass is 168 g/mol. The van der Waals surface area contributed by atoms with Crippen LogP contribution in [0.25, 0.3) is 0 Å². The molecular weight excluding hydrogens is 155 g/mol. The standard InChI is InChI=1S/C10H13FO/c11-10-3-6-1-7(4-10)9(12)8(2-6)5-10/h6-8H,1-5H2/t6?,7-,8-,10?/m1/s1. The van der Waals surface area contributed by atoms with Crippen LogP contribution in [0.4, 0.5) is 4.39 Å². The van der Waals surface area contributed by atoms with Crippen LogP contribution in [0, 0.1) is 17.8 Å². The summed E-state index contributed by atoms with van der Waals surface area (Å²) in [6, 6.07) is 0. The molecule has 2 atom stereocenters. The summed E-state index contributed by atoms with van der Waals surface area (Å²) in [7, 11) is 0. The molecule has 0 unspecified atom stereocenters. The van der Waals surface area contributed by atoms with Gasteiger partial charge in [0.1, 0.15) is 11.5 Å². The summed E-state index contributed by atoms with van der Waals surface area (Å²) < 4.78 is 13.9. The second-order valence-corrected chi connectivity index (χ2v) is 4.90. The van der Waals surface area contributed by atoms with Crippen molar-refractivity contribution in [1.29, 1.82) is 0 Å². The third-order valence-corrected chi connectivity index (χ3v) is 3.92. The molecule has 4 fully saturated rings. The summed E-state index contributed by atoms with van der Waals surface area (Å²) in [6.07, 6.45) is 3.80. The summed E-state index contributed by atoms with van der Waals surface area (Å²) in [5, 5.41) is 0. The van der Waals surface area contributed by atoms with Crippen LogP contribution in [0.3, 0.4) is 0 Å². The Labute approximate surface area is 71.3 Å². The van der Waals surface area contributed by atoms with Gasteiger partial charge in [-0.05, 0) is 38.0 Å². The zero-order valence-corrected chi connectivity index (χ0v) is 7.05. The Kier molecular flexibility index (Phi) is 1.12. The average molecular weight is 168 g/mol. The van der Waals surface area contributed by atoms with Gasteiger partial charge >= 0.3 is 0 Å². The van der Waals surface area contributed by atoms with E-state index in [9.17, 15) is 9.18 Å². The van der Waals surface area contributed by atoms with E-state index in [1.165, 1.54) is 0 Å². The molecule has 0 aliphatic heterocycles. The summed E-state index contributed by atoms with van der Waals surface area (Å²) >= 11 is 0. The number of hydrogen-bond donors (Lipinski definition) is 0. The lowest BCUT2D eigenvalue weighted by atomic mass is 9.54. The number of carbonyl (C=O) groups excluding carboxylic acids is 1. The quantitative estimate of drug-likeness (QED) is 0.541. The molecule has 0 aromatic carbocycles. The molecule has 1 nitrogen and oxygen atoms in total. The zero-order chi connectivity index (χ0) is 8.34. The molecule has 4 aliphatic carbocycles. The van der Waals surface area contributed by atoms with Gasteiger partial charge in [-0.15, -0.1) is 0 Å². The molecule has 12 heavy (non-hydrogen) atoms. The minimum absolute atomic E-state index is 0.0984. The molecule has 2 heteroatoms. The maximum absolute atomic E-state index is 13.9. The fraction of sp³-hybridized carbons (Fsp3) is 0.900. The molecule has 0 spiro atoms. The van der Waals surface area contributed by atoms with Gasteiger partial charge in [-0.2, -0.15) is 0 Å². The lowest BCUT2D eigenvalue weighted by Crippen LogP contribution is -2.52. The Hall–Kier alpha value is -0.400. The van der Waals surface area contributed by atoms with E-state index in [1.54, 1.807) is 0 Å². The molecule has 0 heterocycles. The van der Waals surface area contributed by atoms with Gasteiger partial charge in [0.05, 0.1) is 0 Å². The van der Waals surface area contributed by atoms with Crippen molar-refractivity contribution in [2.75, 3.05) is 0 Å². The van der Waals surface area contributed by atoms with E-state index < -0.39 is 5.67 Å². The van der Waals surface area contributed by atoms with E-state index in [2.05, 4.69) is 0 Å². The molecule has 0 aromatic heterocycles. The third-order valence-electron chi connectivity index (χ3n) is 3.92. The predicted molar refractivity (Wildman–Crippen MR) is 42.4 cm³/mol. The molecule has 0 saturated heterocycles. The smallest absolute Gasteiger partial charge is 0.139 e. The van der Waals surface area contributed by atoms with Crippen LogP contribution in [0.1, 0.15) is 32.1 Å². The largest absolute Gasteiger partial charge is 0.299 e. The van der Waals surface area contributed by atoms with Gasteiger partial charge in [0.15, 0.2) is 0 Å². The summed E-state index contributed by atoms with van der Waals surface area (Å²) in [5.74, 6) is 1.10. The molecular formula is C10H13FO. The highest BCUT2D eigenvalue weighted by Crippen LogP contribution is 2.55. The lowest BCUT2D eigenvalue weighted by Gasteiger charge is -2.51. The first-order valence-corrected chi connectivity index (χ1v) is 4.89. The van der Waals surface area contributed by atoms with Crippen LogP contribution >= 0.6 is 0 Å².